The fraction of sp³-hybridized carbons (Fsp3) is 0.286. The Bertz CT molecular complexity index is 690. The Hall–Kier alpha value is -1.45. The average molecular weight is 354 g/mol. The van der Waals surface area contributed by atoms with Crippen LogP contribution in [0.2, 0.25) is 0 Å². The van der Waals surface area contributed by atoms with Gasteiger partial charge >= 0.3 is 0 Å². The summed E-state index contributed by atoms with van der Waals surface area (Å²) in [5.74, 6) is -0.449. The second-order valence-electron chi connectivity index (χ2n) is 4.45. The van der Waals surface area contributed by atoms with Crippen LogP contribution < -0.4 is 5.32 Å². The minimum Gasteiger partial charge on any atom is -0.375 e. The molecule has 1 aromatic carbocycles. The molecule has 1 atom stereocenters. The monoisotopic (exact) mass is 353 g/mol. The van der Waals surface area contributed by atoms with Crippen molar-refractivity contribution in [1.29, 1.82) is 5.26 Å². The van der Waals surface area contributed by atoms with Crippen LogP contribution in [0.15, 0.2) is 16.6 Å². The quantitative estimate of drug-likeness (QED) is 0.869. The van der Waals surface area contributed by atoms with Crippen LogP contribution in [-0.4, -0.2) is 4.98 Å². The molecular weight excluding hydrogens is 341 g/mol. The average Bonchev–Trinajstić information content (AvgIpc) is 2.74. The first-order valence-corrected chi connectivity index (χ1v) is 7.63. The molecule has 104 valence electrons. The standard InChI is InChI=1S/C14H13BrFN3S/c1-7-14(20-9(3)18-7)8(2)19-11-5-4-10(6-17)12(15)13(11)16/h4-5,8,19H,1-3H3. The number of anilines is 1. The molecule has 0 spiro atoms. The third kappa shape index (κ3) is 2.84. The highest BCUT2D eigenvalue weighted by Crippen LogP contribution is 2.31. The number of nitriles is 1. The lowest BCUT2D eigenvalue weighted by molar-refractivity contribution is 0.620. The third-order valence-electron chi connectivity index (χ3n) is 2.91. The van der Waals surface area contributed by atoms with Crippen LogP contribution in [0.25, 0.3) is 0 Å². The highest BCUT2D eigenvalue weighted by molar-refractivity contribution is 9.10. The topological polar surface area (TPSA) is 48.7 Å². The van der Waals surface area contributed by atoms with E-state index in [0.717, 1.165) is 15.6 Å². The fourth-order valence-corrected chi connectivity index (χ4v) is 3.36. The maximum Gasteiger partial charge on any atom is 0.161 e. The van der Waals surface area contributed by atoms with E-state index in [1.54, 1.807) is 23.5 Å². The molecule has 3 nitrogen and oxygen atoms in total. The van der Waals surface area contributed by atoms with Crippen molar-refractivity contribution in [3.63, 3.8) is 0 Å². The minimum absolute atomic E-state index is 0.0458. The molecule has 2 rings (SSSR count). The molecule has 0 radical (unpaired) electrons. The van der Waals surface area contributed by atoms with Crippen LogP contribution in [-0.2, 0) is 0 Å². The van der Waals surface area contributed by atoms with Gasteiger partial charge in [-0.25, -0.2) is 9.37 Å². The number of aromatic nitrogens is 1. The zero-order valence-electron chi connectivity index (χ0n) is 11.3. The zero-order chi connectivity index (χ0) is 14.9. The summed E-state index contributed by atoms with van der Waals surface area (Å²) in [5.41, 5.74) is 1.61. The molecule has 20 heavy (non-hydrogen) atoms. The number of rotatable bonds is 3. The lowest BCUT2D eigenvalue weighted by Crippen LogP contribution is -2.08. The third-order valence-corrected chi connectivity index (χ3v) is 4.94. The number of hydrogen-bond donors (Lipinski definition) is 1. The van der Waals surface area contributed by atoms with Gasteiger partial charge in [0.05, 0.1) is 32.5 Å². The number of nitrogens with zero attached hydrogens (tertiary/aromatic N) is 2. The number of benzene rings is 1. The summed E-state index contributed by atoms with van der Waals surface area (Å²) < 4.78 is 14.3. The molecular formula is C14H13BrFN3S. The molecule has 0 saturated carbocycles. The Morgan fingerprint density at radius 2 is 2.15 bits per heavy atom. The van der Waals surface area contributed by atoms with Crippen LogP contribution >= 0.6 is 27.3 Å². The fourth-order valence-electron chi connectivity index (χ4n) is 1.99. The van der Waals surface area contributed by atoms with Crippen LogP contribution in [0.4, 0.5) is 10.1 Å². The Kier molecular flexibility index (Phi) is 4.41. The van der Waals surface area contributed by atoms with Gasteiger partial charge in [0.2, 0.25) is 0 Å². The Labute approximate surface area is 129 Å². The lowest BCUT2D eigenvalue weighted by Gasteiger charge is -2.15. The predicted molar refractivity (Wildman–Crippen MR) is 82.4 cm³/mol. The van der Waals surface area contributed by atoms with Crippen molar-refractivity contribution in [2.24, 2.45) is 0 Å². The first kappa shape index (κ1) is 14.9. The van der Waals surface area contributed by atoms with Gasteiger partial charge in [-0.3, -0.25) is 0 Å². The first-order valence-electron chi connectivity index (χ1n) is 6.02. The summed E-state index contributed by atoms with van der Waals surface area (Å²) in [6.45, 7) is 5.86. The Balaban J connectivity index is 2.29. The van der Waals surface area contributed by atoms with Gasteiger partial charge in [-0.05, 0) is 48.8 Å². The van der Waals surface area contributed by atoms with Crippen LogP contribution in [0.3, 0.4) is 0 Å². The molecule has 0 amide bonds. The molecule has 0 bridgehead atoms. The molecule has 0 fully saturated rings. The highest BCUT2D eigenvalue weighted by atomic mass is 79.9. The summed E-state index contributed by atoms with van der Waals surface area (Å²) in [6.07, 6.45) is 0. The van der Waals surface area contributed by atoms with E-state index in [4.69, 9.17) is 5.26 Å². The maximum absolute atomic E-state index is 14.2. The number of thiazole rings is 1. The Morgan fingerprint density at radius 1 is 1.45 bits per heavy atom. The van der Waals surface area contributed by atoms with Crippen molar-refractivity contribution >= 4 is 33.0 Å². The van der Waals surface area contributed by atoms with Crippen molar-refractivity contribution in [2.45, 2.75) is 26.8 Å². The second kappa shape index (κ2) is 5.90. The van der Waals surface area contributed by atoms with Gasteiger partial charge in [0.25, 0.3) is 0 Å². The maximum atomic E-state index is 14.2. The van der Waals surface area contributed by atoms with E-state index in [2.05, 4.69) is 26.2 Å². The van der Waals surface area contributed by atoms with Crippen LogP contribution in [0.5, 0.6) is 0 Å². The molecule has 0 aliphatic carbocycles. The lowest BCUT2D eigenvalue weighted by atomic mass is 10.2. The summed E-state index contributed by atoms with van der Waals surface area (Å²) >= 11 is 4.71. The normalized spacial score (nSPS) is 12.0. The van der Waals surface area contributed by atoms with Gasteiger partial charge < -0.3 is 5.32 Å². The molecule has 0 aliphatic heterocycles. The number of halogens is 2. The van der Waals surface area contributed by atoms with E-state index < -0.39 is 5.82 Å². The van der Waals surface area contributed by atoms with E-state index >= 15 is 0 Å². The number of nitrogens with one attached hydrogen (secondary N) is 1. The molecule has 0 saturated heterocycles. The number of hydrogen-bond acceptors (Lipinski definition) is 4. The van der Waals surface area contributed by atoms with Crippen molar-refractivity contribution in [3.8, 4) is 6.07 Å². The summed E-state index contributed by atoms with van der Waals surface area (Å²) in [6, 6.07) is 5.06. The van der Waals surface area contributed by atoms with Gasteiger partial charge in [-0.1, -0.05) is 0 Å². The largest absolute Gasteiger partial charge is 0.375 e. The van der Waals surface area contributed by atoms with Gasteiger partial charge in [-0.2, -0.15) is 5.26 Å². The Morgan fingerprint density at radius 3 is 2.70 bits per heavy atom. The van der Waals surface area contributed by atoms with E-state index in [-0.39, 0.29) is 16.1 Å². The van der Waals surface area contributed by atoms with Crippen molar-refractivity contribution in [2.75, 3.05) is 5.32 Å². The van der Waals surface area contributed by atoms with Gasteiger partial charge in [-0.15, -0.1) is 11.3 Å². The van der Waals surface area contributed by atoms with Crippen LogP contribution in [0, 0.1) is 31.0 Å². The van der Waals surface area contributed by atoms with Crippen LogP contribution in [0.1, 0.15) is 34.1 Å². The molecule has 1 unspecified atom stereocenters. The van der Waals surface area contributed by atoms with Gasteiger partial charge in [0, 0.05) is 4.88 Å². The first-order chi connectivity index (χ1) is 9.43. The summed E-state index contributed by atoms with van der Waals surface area (Å²) in [5, 5.41) is 13.0. The van der Waals surface area contributed by atoms with E-state index in [0.29, 0.717) is 5.69 Å². The molecule has 0 aliphatic rings. The molecule has 1 aromatic heterocycles. The molecule has 1 heterocycles. The van der Waals surface area contributed by atoms with Crippen molar-refractivity contribution < 1.29 is 4.39 Å². The smallest absolute Gasteiger partial charge is 0.161 e. The zero-order valence-corrected chi connectivity index (χ0v) is 13.7. The van der Waals surface area contributed by atoms with Gasteiger partial charge in [0.1, 0.15) is 6.07 Å². The van der Waals surface area contributed by atoms with Crippen molar-refractivity contribution in [1.82, 2.24) is 4.98 Å². The molecule has 6 heteroatoms. The summed E-state index contributed by atoms with van der Waals surface area (Å²) in [4.78, 5) is 5.46. The van der Waals surface area contributed by atoms with E-state index in [1.165, 1.54) is 0 Å². The van der Waals surface area contributed by atoms with E-state index in [9.17, 15) is 4.39 Å². The summed E-state index contributed by atoms with van der Waals surface area (Å²) in [7, 11) is 0. The minimum atomic E-state index is -0.449. The number of aryl methyl sites for hydroxylation is 2. The van der Waals surface area contributed by atoms with Crippen molar-refractivity contribution in [3.05, 3.63) is 43.6 Å². The van der Waals surface area contributed by atoms with E-state index in [1.807, 2.05) is 26.8 Å². The second-order valence-corrected chi connectivity index (χ2v) is 6.48. The predicted octanol–water partition coefficient (Wildman–Crippen LogP) is 4.71. The van der Waals surface area contributed by atoms with Gasteiger partial charge in [0.15, 0.2) is 5.82 Å². The molecule has 2 aromatic rings. The highest BCUT2D eigenvalue weighted by Gasteiger charge is 2.16. The SMILES string of the molecule is Cc1nc(C)c(C(C)Nc2ccc(C#N)c(Br)c2F)s1. The molecule has 1 N–H and O–H groups in total.